The molecule has 0 nitrogen and oxygen atoms in total. The van der Waals surface area contributed by atoms with Gasteiger partial charge in [0.1, 0.15) is 0 Å². The molecule has 0 saturated heterocycles. The molecule has 0 bridgehead atoms. The summed E-state index contributed by atoms with van der Waals surface area (Å²) in [4.78, 5) is 2.66. The number of thioether (sulfide) groups is 2. The average Bonchev–Trinajstić information content (AvgIpc) is 3.36. The molecule has 2 aromatic carbocycles. The van der Waals surface area contributed by atoms with Crippen molar-refractivity contribution in [3.05, 3.63) is 76.0 Å². The first-order valence-corrected chi connectivity index (χ1v) is 13.1. The fourth-order valence-electron chi connectivity index (χ4n) is 4.07. The fourth-order valence-corrected chi connectivity index (χ4v) is 8.39. The molecule has 6 rings (SSSR count). The first-order valence-electron chi connectivity index (χ1n) is 8.59. The Kier molecular flexibility index (Phi) is 4.14. The molecule has 4 aliphatic rings. The summed E-state index contributed by atoms with van der Waals surface area (Å²) in [6.07, 6.45) is 4.70. The first-order chi connectivity index (χ1) is 13.2. The van der Waals surface area contributed by atoms with Gasteiger partial charge in [0, 0.05) is 35.5 Å². The van der Waals surface area contributed by atoms with Crippen LogP contribution in [0, 0.1) is 0 Å². The van der Waals surface area contributed by atoms with E-state index < -0.39 is 0 Å². The topological polar surface area (TPSA) is 0 Å². The maximum atomic E-state index is 3.83. The van der Waals surface area contributed by atoms with Gasteiger partial charge in [-0.15, -0.1) is 23.5 Å². The minimum Gasteiger partial charge on any atom is -0.129 e. The second-order valence-electron chi connectivity index (χ2n) is 6.82. The van der Waals surface area contributed by atoms with Crippen LogP contribution in [0.25, 0.3) is 23.3 Å². The molecule has 2 aliphatic heterocycles. The van der Waals surface area contributed by atoms with Crippen LogP contribution in [0.3, 0.4) is 0 Å². The van der Waals surface area contributed by atoms with E-state index in [0.717, 1.165) is 16.0 Å². The van der Waals surface area contributed by atoms with E-state index >= 15 is 0 Å². The number of hydrogen-bond donors (Lipinski definition) is 0. The SMILES string of the molecule is Brc1cc(Sc2c(Br)ccc3c2=CC2=CSCC=32)c2c(c1)=CC1=CSCC=21. The third-order valence-electron chi connectivity index (χ3n) is 5.27. The van der Waals surface area contributed by atoms with Gasteiger partial charge in [0.25, 0.3) is 0 Å². The summed E-state index contributed by atoms with van der Waals surface area (Å²) in [5.41, 5.74) is 5.77. The van der Waals surface area contributed by atoms with Crippen molar-refractivity contribution in [1.29, 1.82) is 0 Å². The highest BCUT2D eigenvalue weighted by molar-refractivity contribution is 9.10. The van der Waals surface area contributed by atoms with Crippen molar-refractivity contribution < 1.29 is 0 Å². The van der Waals surface area contributed by atoms with Gasteiger partial charge in [0.15, 0.2) is 0 Å². The minimum atomic E-state index is 1.08. The van der Waals surface area contributed by atoms with Crippen LogP contribution < -0.4 is 20.9 Å². The Morgan fingerprint density at radius 3 is 2.52 bits per heavy atom. The summed E-state index contributed by atoms with van der Waals surface area (Å²) in [5, 5.41) is 10.1. The molecule has 0 N–H and O–H groups in total. The van der Waals surface area contributed by atoms with Gasteiger partial charge in [-0.2, -0.15) is 0 Å². The normalized spacial score (nSPS) is 18.4. The summed E-state index contributed by atoms with van der Waals surface area (Å²) in [6.45, 7) is 0. The number of allylic oxidation sites excluding steroid dienone is 2. The molecule has 0 spiro atoms. The molecular weight excluding hydrogens is 520 g/mol. The van der Waals surface area contributed by atoms with Gasteiger partial charge >= 0.3 is 0 Å². The molecule has 0 saturated carbocycles. The molecule has 0 atom stereocenters. The van der Waals surface area contributed by atoms with Crippen LogP contribution in [0.1, 0.15) is 0 Å². The lowest BCUT2D eigenvalue weighted by Gasteiger charge is -2.09. The van der Waals surface area contributed by atoms with Crippen molar-refractivity contribution in [2.45, 2.75) is 9.79 Å². The van der Waals surface area contributed by atoms with E-state index in [1.807, 2.05) is 35.3 Å². The van der Waals surface area contributed by atoms with Gasteiger partial charge in [-0.1, -0.05) is 33.8 Å². The third kappa shape index (κ3) is 2.66. The summed E-state index contributed by atoms with van der Waals surface area (Å²) < 4.78 is 2.32. The van der Waals surface area contributed by atoms with Gasteiger partial charge in [0.05, 0.1) is 0 Å². The molecular formula is C22H12Br2S3. The van der Waals surface area contributed by atoms with Crippen LogP contribution in [0.15, 0.2) is 65.0 Å². The predicted molar refractivity (Wildman–Crippen MR) is 128 cm³/mol. The van der Waals surface area contributed by atoms with Gasteiger partial charge < -0.3 is 0 Å². The summed E-state index contributed by atoms with van der Waals surface area (Å²) in [7, 11) is 0. The highest BCUT2D eigenvalue weighted by atomic mass is 79.9. The van der Waals surface area contributed by atoms with Crippen LogP contribution in [0.4, 0.5) is 0 Å². The van der Waals surface area contributed by atoms with E-state index in [1.54, 1.807) is 0 Å². The van der Waals surface area contributed by atoms with Crippen LogP contribution in [0.5, 0.6) is 0 Å². The van der Waals surface area contributed by atoms with E-state index in [1.165, 1.54) is 57.4 Å². The lowest BCUT2D eigenvalue weighted by atomic mass is 10.1. The number of fused-ring (bicyclic) bond motifs is 4. The highest BCUT2D eigenvalue weighted by Gasteiger charge is 2.22. The number of rotatable bonds is 2. The zero-order chi connectivity index (χ0) is 18.1. The van der Waals surface area contributed by atoms with E-state index in [4.69, 9.17) is 0 Å². The van der Waals surface area contributed by atoms with E-state index in [2.05, 4.69) is 79.1 Å². The molecule has 0 unspecified atom stereocenters. The first kappa shape index (κ1) is 17.3. The second kappa shape index (κ2) is 6.46. The summed E-state index contributed by atoms with van der Waals surface area (Å²) in [5.74, 6) is 2.17. The fraction of sp³-hybridized carbons (Fsp3) is 0.0909. The molecule has 2 heterocycles. The lowest BCUT2D eigenvalue weighted by molar-refractivity contribution is 1.26. The van der Waals surface area contributed by atoms with Crippen molar-refractivity contribution in [3.63, 3.8) is 0 Å². The van der Waals surface area contributed by atoms with Crippen molar-refractivity contribution in [2.75, 3.05) is 11.5 Å². The molecule has 0 amide bonds. The maximum absolute atomic E-state index is 3.83. The van der Waals surface area contributed by atoms with Crippen LogP contribution in [-0.2, 0) is 0 Å². The van der Waals surface area contributed by atoms with Crippen LogP contribution in [-0.4, -0.2) is 11.5 Å². The molecule has 132 valence electrons. The summed E-state index contributed by atoms with van der Waals surface area (Å²) >= 11 is 13.3. The van der Waals surface area contributed by atoms with Crippen molar-refractivity contribution in [1.82, 2.24) is 0 Å². The lowest BCUT2D eigenvalue weighted by Crippen LogP contribution is -2.28. The maximum Gasteiger partial charge on any atom is 0.0343 e. The quantitative estimate of drug-likeness (QED) is 0.559. The molecule has 0 radical (unpaired) electrons. The number of halogens is 2. The van der Waals surface area contributed by atoms with Crippen LogP contribution >= 0.6 is 67.1 Å². The van der Waals surface area contributed by atoms with Crippen LogP contribution in [0.2, 0.25) is 0 Å². The largest absolute Gasteiger partial charge is 0.129 e. The average molecular weight is 532 g/mol. The van der Waals surface area contributed by atoms with E-state index in [0.29, 0.717) is 0 Å². The summed E-state index contributed by atoms with van der Waals surface area (Å²) in [6, 6.07) is 9.00. The Labute approximate surface area is 186 Å². The Morgan fingerprint density at radius 2 is 1.67 bits per heavy atom. The molecule has 27 heavy (non-hydrogen) atoms. The standard InChI is InChI=1S/C22H12Br2S3/c23-14-4-11-3-12-7-26-10-18(12)21(11)20(6-14)27-22-16-5-13-8-25-9-17(13)15(16)1-2-19(22)24/h1-8H,9-10H2. The van der Waals surface area contributed by atoms with Gasteiger partial charge in [0.2, 0.25) is 0 Å². The predicted octanol–water partition coefficient (Wildman–Crippen LogP) is 4.51. The zero-order valence-electron chi connectivity index (χ0n) is 14.0. The van der Waals surface area contributed by atoms with Gasteiger partial charge in [-0.05, 0) is 95.0 Å². The van der Waals surface area contributed by atoms with E-state index in [-0.39, 0.29) is 0 Å². The van der Waals surface area contributed by atoms with Crippen molar-refractivity contribution in [3.8, 4) is 0 Å². The molecule has 5 heteroatoms. The monoisotopic (exact) mass is 530 g/mol. The molecule has 0 fully saturated rings. The smallest absolute Gasteiger partial charge is 0.0343 e. The minimum absolute atomic E-state index is 1.08. The van der Waals surface area contributed by atoms with Gasteiger partial charge in [-0.25, -0.2) is 0 Å². The number of hydrogen-bond acceptors (Lipinski definition) is 3. The Hall–Kier alpha value is -0.590. The molecule has 0 aromatic heterocycles. The highest BCUT2D eigenvalue weighted by Crippen LogP contribution is 2.36. The Bertz CT molecular complexity index is 1360. The molecule has 2 aromatic rings. The van der Waals surface area contributed by atoms with Crippen molar-refractivity contribution >= 4 is 90.4 Å². The van der Waals surface area contributed by atoms with Gasteiger partial charge in [-0.3, -0.25) is 0 Å². The zero-order valence-corrected chi connectivity index (χ0v) is 19.6. The van der Waals surface area contributed by atoms with Crippen molar-refractivity contribution in [2.24, 2.45) is 0 Å². The second-order valence-corrected chi connectivity index (χ2v) is 11.4. The Morgan fingerprint density at radius 1 is 0.889 bits per heavy atom. The van der Waals surface area contributed by atoms with E-state index in [9.17, 15) is 0 Å². The Balaban J connectivity index is 1.61. The number of benzene rings is 2. The third-order valence-corrected chi connectivity index (χ3v) is 9.59. The molecule has 2 aliphatic carbocycles.